The Labute approximate surface area is 160 Å². The van der Waals surface area contributed by atoms with Crippen LogP contribution < -0.4 is 10.9 Å². The predicted octanol–water partition coefficient (Wildman–Crippen LogP) is 3.49. The van der Waals surface area contributed by atoms with E-state index in [1.165, 1.54) is 5.56 Å². The SMILES string of the molecule is Cc1ccc(C#Cc2ccc(CC(=O)NNC(=O)OC(C)(C)C)cc2)cc1. The molecule has 0 aromatic heterocycles. The third-order valence-corrected chi connectivity index (χ3v) is 3.42. The smallest absolute Gasteiger partial charge is 0.426 e. The van der Waals surface area contributed by atoms with Gasteiger partial charge in [0.15, 0.2) is 0 Å². The van der Waals surface area contributed by atoms with Gasteiger partial charge < -0.3 is 4.74 Å². The van der Waals surface area contributed by atoms with Gasteiger partial charge in [0.05, 0.1) is 6.42 Å². The molecule has 140 valence electrons. The Kier molecular flexibility index (Phi) is 6.62. The minimum absolute atomic E-state index is 0.140. The average molecular weight is 364 g/mol. The van der Waals surface area contributed by atoms with E-state index < -0.39 is 11.7 Å². The van der Waals surface area contributed by atoms with Crippen molar-refractivity contribution in [3.63, 3.8) is 0 Å². The van der Waals surface area contributed by atoms with Crippen LogP contribution in [0.2, 0.25) is 0 Å². The van der Waals surface area contributed by atoms with E-state index in [2.05, 4.69) is 22.7 Å². The molecule has 0 saturated carbocycles. The highest BCUT2D eigenvalue weighted by molar-refractivity contribution is 5.81. The molecule has 0 aliphatic heterocycles. The van der Waals surface area contributed by atoms with Gasteiger partial charge in [-0.25, -0.2) is 10.2 Å². The van der Waals surface area contributed by atoms with Crippen molar-refractivity contribution < 1.29 is 14.3 Å². The first kappa shape index (κ1) is 20.1. The van der Waals surface area contributed by atoms with E-state index in [0.29, 0.717) is 0 Å². The molecular weight excluding hydrogens is 340 g/mol. The molecule has 2 amide bonds. The summed E-state index contributed by atoms with van der Waals surface area (Å²) in [5, 5.41) is 0. The second-order valence-electron chi connectivity index (χ2n) is 7.16. The fourth-order valence-electron chi connectivity index (χ4n) is 2.14. The van der Waals surface area contributed by atoms with Crippen molar-refractivity contribution in [2.75, 3.05) is 0 Å². The van der Waals surface area contributed by atoms with Crippen LogP contribution in [0.1, 0.15) is 43.0 Å². The van der Waals surface area contributed by atoms with Gasteiger partial charge in [0.1, 0.15) is 5.60 Å². The van der Waals surface area contributed by atoms with Crippen LogP contribution in [-0.4, -0.2) is 17.6 Å². The van der Waals surface area contributed by atoms with Crippen LogP contribution in [-0.2, 0) is 16.0 Å². The Morgan fingerprint density at radius 2 is 1.41 bits per heavy atom. The highest BCUT2D eigenvalue weighted by Crippen LogP contribution is 2.07. The lowest BCUT2D eigenvalue weighted by Crippen LogP contribution is -2.44. The highest BCUT2D eigenvalue weighted by Gasteiger charge is 2.16. The Hall–Kier alpha value is -3.26. The molecule has 2 N–H and O–H groups in total. The van der Waals surface area contributed by atoms with Crippen molar-refractivity contribution in [2.24, 2.45) is 0 Å². The Bertz CT molecular complexity index is 852. The Morgan fingerprint density at radius 1 is 0.889 bits per heavy atom. The molecule has 0 aliphatic carbocycles. The lowest BCUT2D eigenvalue weighted by atomic mass is 10.1. The van der Waals surface area contributed by atoms with Crippen LogP contribution in [0, 0.1) is 18.8 Å². The number of nitrogens with one attached hydrogen (secondary N) is 2. The largest absolute Gasteiger partial charge is 0.443 e. The number of benzene rings is 2. The first-order chi connectivity index (χ1) is 12.7. The molecule has 0 aliphatic rings. The topological polar surface area (TPSA) is 67.4 Å². The quantitative estimate of drug-likeness (QED) is 0.633. The molecule has 0 heterocycles. The number of ether oxygens (including phenoxy) is 1. The number of carbonyl (C=O) groups is 2. The first-order valence-electron chi connectivity index (χ1n) is 8.67. The number of carbonyl (C=O) groups excluding carboxylic acids is 2. The summed E-state index contributed by atoms with van der Waals surface area (Å²) >= 11 is 0. The van der Waals surface area contributed by atoms with Crippen molar-refractivity contribution in [3.05, 3.63) is 70.8 Å². The van der Waals surface area contributed by atoms with Gasteiger partial charge >= 0.3 is 6.09 Å². The minimum atomic E-state index is -0.697. The predicted molar refractivity (Wildman–Crippen MR) is 105 cm³/mol. The molecule has 0 saturated heterocycles. The molecule has 27 heavy (non-hydrogen) atoms. The lowest BCUT2D eigenvalue weighted by molar-refractivity contribution is -0.121. The lowest BCUT2D eigenvalue weighted by Gasteiger charge is -2.19. The maximum atomic E-state index is 11.9. The van der Waals surface area contributed by atoms with Crippen LogP contribution >= 0.6 is 0 Å². The van der Waals surface area contributed by atoms with Gasteiger partial charge in [0.25, 0.3) is 0 Å². The molecule has 0 radical (unpaired) electrons. The van der Waals surface area contributed by atoms with Gasteiger partial charge in [0, 0.05) is 11.1 Å². The number of hydrogen-bond acceptors (Lipinski definition) is 3. The van der Waals surface area contributed by atoms with Crippen molar-refractivity contribution in [3.8, 4) is 11.8 Å². The molecule has 2 rings (SSSR count). The van der Waals surface area contributed by atoms with Crippen molar-refractivity contribution in [1.82, 2.24) is 10.9 Å². The number of hydrazine groups is 1. The summed E-state index contributed by atoms with van der Waals surface area (Å²) in [5.41, 5.74) is 7.78. The fourth-order valence-corrected chi connectivity index (χ4v) is 2.14. The molecule has 0 bridgehead atoms. The summed E-state index contributed by atoms with van der Waals surface area (Å²) in [7, 11) is 0. The maximum Gasteiger partial charge on any atom is 0.426 e. The van der Waals surface area contributed by atoms with E-state index in [9.17, 15) is 9.59 Å². The first-order valence-corrected chi connectivity index (χ1v) is 8.67. The molecule has 0 unspecified atom stereocenters. The standard InChI is InChI=1S/C22H24N2O3/c1-16-5-7-17(8-6-16)9-10-18-11-13-19(14-12-18)15-20(25)23-24-21(26)27-22(2,3)4/h5-8,11-14H,15H2,1-4H3,(H,23,25)(H,24,26). The van der Waals surface area contributed by atoms with Crippen molar-refractivity contribution >= 4 is 12.0 Å². The van der Waals surface area contributed by atoms with E-state index in [1.807, 2.05) is 55.5 Å². The average Bonchev–Trinajstić information content (AvgIpc) is 2.59. The van der Waals surface area contributed by atoms with Gasteiger partial charge in [-0.1, -0.05) is 41.7 Å². The van der Waals surface area contributed by atoms with Gasteiger partial charge in [-0.05, 0) is 57.5 Å². The third kappa shape index (κ3) is 7.66. The van der Waals surface area contributed by atoms with Crippen molar-refractivity contribution in [2.45, 2.75) is 39.7 Å². The zero-order valence-corrected chi connectivity index (χ0v) is 16.1. The summed E-state index contributed by atoms with van der Waals surface area (Å²) in [6.07, 6.45) is -0.556. The van der Waals surface area contributed by atoms with Gasteiger partial charge in [0.2, 0.25) is 5.91 Å². The van der Waals surface area contributed by atoms with E-state index in [0.717, 1.165) is 16.7 Å². The zero-order chi connectivity index (χ0) is 19.9. The third-order valence-electron chi connectivity index (χ3n) is 3.42. The summed E-state index contributed by atoms with van der Waals surface area (Å²) in [4.78, 5) is 23.4. The number of aryl methyl sites for hydroxylation is 1. The van der Waals surface area contributed by atoms with Crippen LogP contribution in [0.25, 0.3) is 0 Å². The molecule has 5 nitrogen and oxygen atoms in total. The number of hydrogen-bond donors (Lipinski definition) is 2. The fraction of sp³-hybridized carbons (Fsp3) is 0.273. The summed E-state index contributed by atoms with van der Waals surface area (Å²) in [6, 6.07) is 15.4. The molecule has 2 aromatic carbocycles. The zero-order valence-electron chi connectivity index (χ0n) is 16.1. The second kappa shape index (κ2) is 8.91. The van der Waals surface area contributed by atoms with Crippen molar-refractivity contribution in [1.29, 1.82) is 0 Å². The molecule has 0 atom stereocenters. The molecule has 2 aromatic rings. The maximum absolute atomic E-state index is 11.9. The van der Waals surface area contributed by atoms with Crippen LogP contribution in [0.5, 0.6) is 0 Å². The van der Waals surface area contributed by atoms with E-state index in [1.54, 1.807) is 20.8 Å². The highest BCUT2D eigenvalue weighted by atomic mass is 16.6. The normalized spacial score (nSPS) is 10.4. The number of amides is 2. The van der Waals surface area contributed by atoms with Gasteiger partial charge in [-0.2, -0.15) is 0 Å². The van der Waals surface area contributed by atoms with E-state index >= 15 is 0 Å². The van der Waals surface area contributed by atoms with E-state index in [4.69, 9.17) is 4.74 Å². The summed E-state index contributed by atoms with van der Waals surface area (Å²) < 4.78 is 5.04. The molecule has 0 spiro atoms. The molecular formula is C22H24N2O3. The van der Waals surface area contributed by atoms with Crippen LogP contribution in [0.15, 0.2) is 48.5 Å². The van der Waals surface area contributed by atoms with E-state index in [-0.39, 0.29) is 12.3 Å². The van der Waals surface area contributed by atoms with Gasteiger partial charge in [-0.15, -0.1) is 0 Å². The van der Waals surface area contributed by atoms with Crippen LogP contribution in [0.4, 0.5) is 4.79 Å². The van der Waals surface area contributed by atoms with Gasteiger partial charge in [-0.3, -0.25) is 10.2 Å². The van der Waals surface area contributed by atoms with Crippen LogP contribution in [0.3, 0.4) is 0 Å². The molecule has 0 fully saturated rings. The summed E-state index contributed by atoms with van der Waals surface area (Å²) in [5.74, 6) is 5.87. The molecule has 5 heteroatoms. The summed E-state index contributed by atoms with van der Waals surface area (Å²) in [6.45, 7) is 7.28. The monoisotopic (exact) mass is 364 g/mol. The second-order valence-corrected chi connectivity index (χ2v) is 7.16. The minimum Gasteiger partial charge on any atom is -0.443 e. The Morgan fingerprint density at radius 3 is 1.93 bits per heavy atom. The number of rotatable bonds is 2. The Balaban J connectivity index is 1.85.